The van der Waals surface area contributed by atoms with Crippen LogP contribution in [0.2, 0.25) is 0 Å². The first-order chi connectivity index (χ1) is 10.5. The van der Waals surface area contributed by atoms with Crippen molar-refractivity contribution in [3.63, 3.8) is 0 Å². The van der Waals surface area contributed by atoms with Gasteiger partial charge in [-0.15, -0.1) is 0 Å². The van der Waals surface area contributed by atoms with E-state index in [1.54, 1.807) is 11.9 Å². The van der Waals surface area contributed by atoms with Gasteiger partial charge in [-0.1, -0.05) is 0 Å². The molecule has 0 saturated carbocycles. The Balaban J connectivity index is 2.04. The highest BCUT2D eigenvalue weighted by molar-refractivity contribution is 5.93. The van der Waals surface area contributed by atoms with E-state index in [1.807, 2.05) is 0 Å². The van der Waals surface area contributed by atoms with Gasteiger partial charge in [-0.2, -0.15) is 0 Å². The monoisotopic (exact) mass is 309 g/mol. The second-order valence-electron chi connectivity index (χ2n) is 5.08. The molecular formula is C13H19N5O4. The van der Waals surface area contributed by atoms with Gasteiger partial charge in [-0.3, -0.25) is 14.5 Å². The largest absolute Gasteiger partial charge is 0.480 e. The summed E-state index contributed by atoms with van der Waals surface area (Å²) in [4.78, 5) is 34.2. The number of aromatic nitrogens is 2. The van der Waals surface area contributed by atoms with E-state index in [-0.39, 0.29) is 25.5 Å². The molecule has 1 aromatic heterocycles. The molecule has 9 heteroatoms. The third-order valence-corrected chi connectivity index (χ3v) is 3.35. The van der Waals surface area contributed by atoms with Gasteiger partial charge in [0.2, 0.25) is 5.95 Å². The lowest BCUT2D eigenvalue weighted by Crippen LogP contribution is -2.37. The van der Waals surface area contributed by atoms with Crippen molar-refractivity contribution in [3.05, 3.63) is 18.0 Å². The van der Waals surface area contributed by atoms with E-state index in [0.717, 1.165) is 0 Å². The molecule has 0 aliphatic carbocycles. The van der Waals surface area contributed by atoms with Gasteiger partial charge in [0, 0.05) is 45.6 Å². The second-order valence-corrected chi connectivity index (χ2v) is 5.08. The number of carboxylic acid groups (broad SMARTS) is 1. The molecule has 1 aromatic rings. The topological polar surface area (TPSA) is 119 Å². The summed E-state index contributed by atoms with van der Waals surface area (Å²) in [5, 5.41) is 21.5. The number of hydrogen-bond donors (Lipinski definition) is 3. The molecule has 1 saturated heterocycles. The lowest BCUT2D eigenvalue weighted by molar-refractivity contribution is -0.138. The maximum absolute atomic E-state index is 12.4. The number of aliphatic carboxylic acids is 1. The van der Waals surface area contributed by atoms with Crippen molar-refractivity contribution in [3.8, 4) is 0 Å². The fraction of sp³-hybridized carbons (Fsp3) is 0.538. The number of carbonyl (C=O) groups is 2. The van der Waals surface area contributed by atoms with Crippen molar-refractivity contribution >= 4 is 17.8 Å². The van der Waals surface area contributed by atoms with Crippen LogP contribution in [0.25, 0.3) is 0 Å². The lowest BCUT2D eigenvalue weighted by atomic mass is 10.2. The SMILES string of the molecule is CNc1ncc(C(=O)N2CCN(CC(=O)O)C[C@H](O)C2)cn1. The van der Waals surface area contributed by atoms with Gasteiger partial charge in [0.1, 0.15) is 0 Å². The first-order valence-corrected chi connectivity index (χ1v) is 6.91. The Labute approximate surface area is 127 Å². The van der Waals surface area contributed by atoms with Crippen LogP contribution < -0.4 is 5.32 Å². The molecule has 1 fully saturated rings. The van der Waals surface area contributed by atoms with Gasteiger partial charge >= 0.3 is 5.97 Å². The number of amides is 1. The molecule has 3 N–H and O–H groups in total. The minimum Gasteiger partial charge on any atom is -0.480 e. The van der Waals surface area contributed by atoms with Gasteiger partial charge < -0.3 is 20.4 Å². The van der Waals surface area contributed by atoms with Crippen LogP contribution in [-0.2, 0) is 4.79 Å². The van der Waals surface area contributed by atoms with Crippen molar-refractivity contribution < 1.29 is 19.8 Å². The zero-order valence-electron chi connectivity index (χ0n) is 12.3. The number of carbonyl (C=O) groups excluding carboxylic acids is 1. The fourth-order valence-corrected chi connectivity index (χ4v) is 2.32. The van der Waals surface area contributed by atoms with Crippen LogP contribution in [0.4, 0.5) is 5.95 Å². The Morgan fingerprint density at radius 3 is 2.59 bits per heavy atom. The number of anilines is 1. The number of nitrogens with zero attached hydrogens (tertiary/aromatic N) is 4. The summed E-state index contributed by atoms with van der Waals surface area (Å²) >= 11 is 0. The normalized spacial score (nSPS) is 19.5. The van der Waals surface area contributed by atoms with Crippen LogP contribution in [-0.4, -0.2) is 87.7 Å². The van der Waals surface area contributed by atoms with Gasteiger partial charge in [0.25, 0.3) is 5.91 Å². The van der Waals surface area contributed by atoms with Crippen LogP contribution in [0.15, 0.2) is 12.4 Å². The zero-order chi connectivity index (χ0) is 16.1. The standard InChI is InChI=1S/C13H19N5O4/c1-14-13-15-4-9(5-16-13)12(22)18-3-2-17(8-11(20)21)6-10(19)7-18/h4-5,10,19H,2-3,6-8H2,1H3,(H,20,21)(H,14,15,16)/t10-/m0/s1. The lowest BCUT2D eigenvalue weighted by Gasteiger charge is -2.21. The highest BCUT2D eigenvalue weighted by Crippen LogP contribution is 2.09. The highest BCUT2D eigenvalue weighted by atomic mass is 16.4. The Kier molecular flexibility index (Phi) is 5.23. The van der Waals surface area contributed by atoms with Crippen LogP contribution >= 0.6 is 0 Å². The number of carboxylic acids is 1. The molecule has 120 valence electrons. The molecular weight excluding hydrogens is 290 g/mol. The summed E-state index contributed by atoms with van der Waals surface area (Å²) in [7, 11) is 1.68. The summed E-state index contributed by atoms with van der Waals surface area (Å²) in [6.45, 7) is 0.967. The maximum Gasteiger partial charge on any atom is 0.317 e. The summed E-state index contributed by atoms with van der Waals surface area (Å²) < 4.78 is 0. The first-order valence-electron chi connectivity index (χ1n) is 6.91. The van der Waals surface area contributed by atoms with Crippen LogP contribution in [0, 0.1) is 0 Å². The molecule has 1 aliphatic rings. The first kappa shape index (κ1) is 16.1. The number of aliphatic hydroxyl groups is 1. The molecule has 0 aromatic carbocycles. The van der Waals surface area contributed by atoms with Crippen LogP contribution in [0.5, 0.6) is 0 Å². The van der Waals surface area contributed by atoms with Crippen molar-refractivity contribution in [2.45, 2.75) is 6.10 Å². The average molecular weight is 309 g/mol. The predicted octanol–water partition coefficient (Wildman–Crippen LogP) is -1.28. The zero-order valence-corrected chi connectivity index (χ0v) is 12.3. The molecule has 1 amide bonds. The Morgan fingerprint density at radius 2 is 2.00 bits per heavy atom. The fourth-order valence-electron chi connectivity index (χ4n) is 2.32. The minimum absolute atomic E-state index is 0.154. The van der Waals surface area contributed by atoms with Gasteiger partial charge in [0.15, 0.2) is 0 Å². The van der Waals surface area contributed by atoms with Crippen molar-refractivity contribution in [1.82, 2.24) is 19.8 Å². The summed E-state index contributed by atoms with van der Waals surface area (Å²) in [5.41, 5.74) is 0.331. The molecule has 0 spiro atoms. The van der Waals surface area contributed by atoms with Crippen molar-refractivity contribution in [2.75, 3.05) is 45.1 Å². The van der Waals surface area contributed by atoms with E-state index < -0.39 is 12.1 Å². The highest BCUT2D eigenvalue weighted by Gasteiger charge is 2.26. The Bertz CT molecular complexity index is 536. The number of rotatable bonds is 4. The third kappa shape index (κ3) is 4.12. The number of aliphatic hydroxyl groups excluding tert-OH is 1. The maximum atomic E-state index is 12.4. The minimum atomic E-state index is -0.956. The molecule has 0 radical (unpaired) electrons. The number of β-amino-alcohol motifs (C(OH)–C–C–N with tert-alkyl or cyclic N) is 1. The molecule has 1 atom stereocenters. The summed E-state index contributed by atoms with van der Waals surface area (Å²) in [6, 6.07) is 0. The molecule has 2 rings (SSSR count). The predicted molar refractivity (Wildman–Crippen MR) is 77.6 cm³/mol. The Morgan fingerprint density at radius 1 is 1.32 bits per heavy atom. The van der Waals surface area contributed by atoms with Crippen molar-refractivity contribution in [2.24, 2.45) is 0 Å². The van der Waals surface area contributed by atoms with E-state index >= 15 is 0 Å². The van der Waals surface area contributed by atoms with E-state index in [0.29, 0.717) is 24.6 Å². The van der Waals surface area contributed by atoms with E-state index in [1.165, 1.54) is 17.3 Å². The van der Waals surface area contributed by atoms with E-state index in [2.05, 4.69) is 15.3 Å². The van der Waals surface area contributed by atoms with Gasteiger partial charge in [-0.05, 0) is 0 Å². The van der Waals surface area contributed by atoms with E-state index in [9.17, 15) is 14.7 Å². The molecule has 1 aliphatic heterocycles. The number of nitrogens with one attached hydrogen (secondary N) is 1. The van der Waals surface area contributed by atoms with E-state index in [4.69, 9.17) is 5.11 Å². The average Bonchev–Trinajstić information content (AvgIpc) is 2.67. The third-order valence-electron chi connectivity index (χ3n) is 3.35. The van der Waals surface area contributed by atoms with Crippen molar-refractivity contribution in [1.29, 1.82) is 0 Å². The molecule has 9 nitrogen and oxygen atoms in total. The molecule has 0 unspecified atom stereocenters. The second kappa shape index (κ2) is 7.14. The quantitative estimate of drug-likeness (QED) is 0.629. The van der Waals surface area contributed by atoms with Crippen LogP contribution in [0.1, 0.15) is 10.4 Å². The summed E-state index contributed by atoms with van der Waals surface area (Å²) in [5.74, 6) is -0.818. The molecule has 2 heterocycles. The Hall–Kier alpha value is -2.26. The summed E-state index contributed by atoms with van der Waals surface area (Å²) in [6.07, 6.45) is 2.06. The molecule has 22 heavy (non-hydrogen) atoms. The van der Waals surface area contributed by atoms with Gasteiger partial charge in [-0.25, -0.2) is 9.97 Å². The number of hydrogen-bond acceptors (Lipinski definition) is 7. The molecule has 0 bridgehead atoms. The van der Waals surface area contributed by atoms with Gasteiger partial charge in [0.05, 0.1) is 18.2 Å². The van der Waals surface area contributed by atoms with Crippen LogP contribution in [0.3, 0.4) is 0 Å². The smallest absolute Gasteiger partial charge is 0.317 e.